The lowest BCUT2D eigenvalue weighted by atomic mass is 10.4. The molecule has 1 fully saturated rings. The smallest absolute Gasteiger partial charge is 0.223 e. The summed E-state index contributed by atoms with van der Waals surface area (Å²) in [6.45, 7) is 2.22. The van der Waals surface area contributed by atoms with Gasteiger partial charge in [-0.3, -0.25) is 4.79 Å². The summed E-state index contributed by atoms with van der Waals surface area (Å²) in [7, 11) is -3.53. The Morgan fingerprint density at radius 1 is 1.56 bits per heavy atom. The Morgan fingerprint density at radius 3 is 2.75 bits per heavy atom. The fourth-order valence-electron chi connectivity index (χ4n) is 1.37. The maximum absolute atomic E-state index is 12.0. The first-order valence-corrected chi connectivity index (χ1v) is 6.82. The summed E-state index contributed by atoms with van der Waals surface area (Å²) in [6, 6.07) is 0. The van der Waals surface area contributed by atoms with Crippen molar-refractivity contribution in [2.75, 3.05) is 19.6 Å². The Labute approximate surface area is 100 Å². The summed E-state index contributed by atoms with van der Waals surface area (Å²) < 4.78 is 25.3. The van der Waals surface area contributed by atoms with Crippen LogP contribution in [0.1, 0.15) is 13.3 Å². The van der Waals surface area contributed by atoms with Gasteiger partial charge >= 0.3 is 0 Å². The third kappa shape index (κ3) is 2.89. The van der Waals surface area contributed by atoms with Gasteiger partial charge in [0.25, 0.3) is 0 Å². The summed E-state index contributed by atoms with van der Waals surface area (Å²) >= 11 is 4.68. The van der Waals surface area contributed by atoms with Gasteiger partial charge in [0.2, 0.25) is 15.9 Å². The summed E-state index contributed by atoms with van der Waals surface area (Å²) in [5, 5.41) is 1.71. The highest BCUT2D eigenvalue weighted by molar-refractivity contribution is 7.92. The van der Waals surface area contributed by atoms with Gasteiger partial charge in [-0.25, -0.2) is 8.42 Å². The van der Waals surface area contributed by atoms with Crippen LogP contribution in [-0.2, 0) is 14.8 Å². The Hall–Kier alpha value is -0.730. The van der Waals surface area contributed by atoms with Gasteiger partial charge in [-0.05, 0) is 6.92 Å². The molecule has 1 aliphatic heterocycles. The Morgan fingerprint density at radius 2 is 2.19 bits per heavy atom. The zero-order valence-corrected chi connectivity index (χ0v) is 10.6. The van der Waals surface area contributed by atoms with Crippen molar-refractivity contribution in [1.82, 2.24) is 9.62 Å². The van der Waals surface area contributed by atoms with E-state index < -0.39 is 15.3 Å². The third-order valence-electron chi connectivity index (χ3n) is 2.48. The van der Waals surface area contributed by atoms with Crippen LogP contribution in [0.25, 0.3) is 0 Å². The van der Waals surface area contributed by atoms with Crippen LogP contribution in [0.5, 0.6) is 0 Å². The largest absolute Gasteiger partial charge is 0.392 e. The van der Waals surface area contributed by atoms with Gasteiger partial charge in [0, 0.05) is 26.1 Å². The second-order valence-corrected chi connectivity index (χ2v) is 6.31. The average Bonchev–Trinajstić information content (AvgIpc) is 2.41. The van der Waals surface area contributed by atoms with E-state index in [9.17, 15) is 13.2 Å². The fraction of sp³-hybridized carbons (Fsp3) is 0.750. The third-order valence-corrected chi connectivity index (χ3v) is 5.21. The number of nitrogens with two attached hydrogens (primary N) is 1. The molecule has 0 radical (unpaired) electrons. The van der Waals surface area contributed by atoms with Crippen LogP contribution in [-0.4, -0.2) is 48.5 Å². The molecule has 8 heteroatoms. The molecule has 1 amide bonds. The molecule has 0 aliphatic carbocycles. The lowest BCUT2D eigenvalue weighted by molar-refractivity contribution is -0.120. The van der Waals surface area contributed by atoms with Gasteiger partial charge in [0.1, 0.15) is 5.25 Å². The molecule has 1 unspecified atom stereocenters. The van der Waals surface area contributed by atoms with Crippen LogP contribution in [0, 0.1) is 0 Å². The summed E-state index contributed by atoms with van der Waals surface area (Å²) in [6.07, 6.45) is 0.170. The van der Waals surface area contributed by atoms with Crippen molar-refractivity contribution >= 4 is 33.1 Å². The topological polar surface area (TPSA) is 92.5 Å². The number of hydrogen-bond acceptors (Lipinski definition) is 4. The Bertz CT molecular complexity index is 393. The summed E-state index contributed by atoms with van der Waals surface area (Å²) in [4.78, 5) is 11.0. The molecule has 1 rings (SSSR count). The first-order valence-electron chi connectivity index (χ1n) is 4.90. The van der Waals surface area contributed by atoms with E-state index in [-0.39, 0.29) is 30.4 Å². The average molecular weight is 265 g/mol. The highest BCUT2D eigenvalue weighted by Gasteiger charge is 2.31. The molecule has 0 aromatic carbocycles. The highest BCUT2D eigenvalue weighted by Crippen LogP contribution is 2.11. The van der Waals surface area contributed by atoms with Crippen LogP contribution in [0.3, 0.4) is 0 Å². The number of carbonyl (C=O) groups excluding carboxylic acids is 1. The van der Waals surface area contributed by atoms with E-state index >= 15 is 0 Å². The van der Waals surface area contributed by atoms with Gasteiger partial charge in [-0.1, -0.05) is 12.2 Å². The Kier molecular flexibility index (Phi) is 4.22. The number of sulfonamides is 1. The van der Waals surface area contributed by atoms with Gasteiger partial charge < -0.3 is 11.1 Å². The van der Waals surface area contributed by atoms with Gasteiger partial charge in [-0.2, -0.15) is 4.31 Å². The predicted molar refractivity (Wildman–Crippen MR) is 64.4 cm³/mol. The fourth-order valence-corrected chi connectivity index (χ4v) is 3.17. The van der Waals surface area contributed by atoms with Crippen molar-refractivity contribution in [2.24, 2.45) is 5.73 Å². The SMILES string of the molecule is CC(C(N)=S)S(=O)(=O)N1CCNC(=O)CC1. The molecule has 0 aromatic heterocycles. The molecule has 1 saturated heterocycles. The van der Waals surface area contributed by atoms with Crippen LogP contribution >= 0.6 is 12.2 Å². The minimum Gasteiger partial charge on any atom is -0.392 e. The monoisotopic (exact) mass is 265 g/mol. The number of nitrogens with zero attached hydrogens (tertiary/aromatic N) is 1. The first-order chi connectivity index (χ1) is 7.35. The van der Waals surface area contributed by atoms with E-state index in [4.69, 9.17) is 5.73 Å². The Balaban J connectivity index is 2.83. The number of rotatable bonds is 3. The zero-order chi connectivity index (χ0) is 12.3. The number of nitrogens with one attached hydrogen (secondary N) is 1. The maximum Gasteiger partial charge on any atom is 0.223 e. The molecule has 1 atom stereocenters. The zero-order valence-electron chi connectivity index (χ0n) is 8.97. The highest BCUT2D eigenvalue weighted by atomic mass is 32.2. The molecule has 0 saturated carbocycles. The molecule has 0 spiro atoms. The summed E-state index contributed by atoms with van der Waals surface area (Å²) in [5.74, 6) is -0.138. The molecule has 0 aromatic rings. The molecular weight excluding hydrogens is 250 g/mol. The van der Waals surface area contributed by atoms with E-state index in [1.165, 1.54) is 11.2 Å². The van der Waals surface area contributed by atoms with Crippen LogP contribution in [0.15, 0.2) is 0 Å². The minimum absolute atomic E-state index is 0.0523. The second-order valence-electron chi connectivity index (χ2n) is 3.59. The standard InChI is InChI=1S/C8H15N3O3S2/c1-6(8(9)15)16(13,14)11-4-2-7(12)10-3-5-11/h6H,2-5H2,1H3,(H2,9,15)(H,10,12). The van der Waals surface area contributed by atoms with Crippen molar-refractivity contribution in [1.29, 1.82) is 0 Å². The van der Waals surface area contributed by atoms with E-state index in [1.54, 1.807) is 0 Å². The van der Waals surface area contributed by atoms with E-state index in [0.717, 1.165) is 0 Å². The second kappa shape index (κ2) is 5.07. The lowest BCUT2D eigenvalue weighted by Gasteiger charge is -2.22. The number of carbonyl (C=O) groups is 1. The molecule has 16 heavy (non-hydrogen) atoms. The number of amides is 1. The van der Waals surface area contributed by atoms with E-state index in [1.807, 2.05) is 0 Å². The minimum atomic E-state index is -3.53. The quantitative estimate of drug-likeness (QED) is 0.626. The van der Waals surface area contributed by atoms with Gasteiger partial charge in [0.15, 0.2) is 0 Å². The molecular formula is C8H15N3O3S2. The van der Waals surface area contributed by atoms with Crippen molar-refractivity contribution < 1.29 is 13.2 Å². The van der Waals surface area contributed by atoms with Crippen molar-refractivity contribution in [2.45, 2.75) is 18.6 Å². The van der Waals surface area contributed by atoms with E-state index in [2.05, 4.69) is 17.5 Å². The van der Waals surface area contributed by atoms with Crippen molar-refractivity contribution in [3.05, 3.63) is 0 Å². The first kappa shape index (κ1) is 13.3. The molecule has 6 nitrogen and oxygen atoms in total. The number of hydrogen-bond donors (Lipinski definition) is 2. The van der Waals surface area contributed by atoms with Gasteiger partial charge in [0.05, 0.1) is 4.99 Å². The lowest BCUT2D eigenvalue weighted by Crippen LogP contribution is -2.44. The normalized spacial score (nSPS) is 20.9. The molecule has 1 aliphatic rings. The maximum atomic E-state index is 12.0. The van der Waals surface area contributed by atoms with Crippen molar-refractivity contribution in [3.63, 3.8) is 0 Å². The van der Waals surface area contributed by atoms with Gasteiger partial charge in [-0.15, -0.1) is 0 Å². The predicted octanol–water partition coefficient (Wildman–Crippen LogP) is -1.19. The molecule has 92 valence electrons. The van der Waals surface area contributed by atoms with E-state index in [0.29, 0.717) is 6.54 Å². The number of thiocarbonyl (C=S) groups is 1. The summed E-state index contributed by atoms with van der Waals surface area (Å²) in [5.41, 5.74) is 5.34. The van der Waals surface area contributed by atoms with Crippen LogP contribution in [0.2, 0.25) is 0 Å². The van der Waals surface area contributed by atoms with Crippen LogP contribution in [0.4, 0.5) is 0 Å². The molecule has 0 bridgehead atoms. The molecule has 3 N–H and O–H groups in total. The van der Waals surface area contributed by atoms with Crippen LogP contribution < -0.4 is 11.1 Å². The molecule has 1 heterocycles. The van der Waals surface area contributed by atoms with Crippen molar-refractivity contribution in [3.8, 4) is 0 Å².